The Hall–Kier alpha value is -1.26. The van der Waals surface area contributed by atoms with Gasteiger partial charge in [-0.3, -0.25) is 4.79 Å². The zero-order valence-electron chi connectivity index (χ0n) is 10.7. The van der Waals surface area contributed by atoms with E-state index in [0.29, 0.717) is 13.0 Å². The molecule has 0 aromatic heterocycles. The minimum absolute atomic E-state index is 0.0221. The lowest BCUT2D eigenvalue weighted by Gasteiger charge is -2.37. The van der Waals surface area contributed by atoms with Crippen LogP contribution in [0, 0.1) is 0 Å². The molecule has 0 saturated carbocycles. The van der Waals surface area contributed by atoms with E-state index in [2.05, 4.69) is 5.32 Å². The van der Waals surface area contributed by atoms with E-state index in [4.69, 9.17) is 4.74 Å². The number of hydrogen-bond acceptors (Lipinski definition) is 3. The summed E-state index contributed by atoms with van der Waals surface area (Å²) in [7, 11) is 0. The highest BCUT2D eigenvalue weighted by atomic mass is 16.6. The molecular weight excluding hydrogens is 220 g/mol. The second-order valence-electron chi connectivity index (χ2n) is 5.76. The molecule has 0 bridgehead atoms. The Labute approximate surface area is 101 Å². The minimum Gasteiger partial charge on any atom is -0.444 e. The van der Waals surface area contributed by atoms with Crippen LogP contribution in [-0.4, -0.2) is 41.1 Å². The summed E-state index contributed by atoms with van der Waals surface area (Å²) in [4.78, 5) is 25.1. The van der Waals surface area contributed by atoms with Crippen LogP contribution in [0.3, 0.4) is 0 Å². The molecule has 5 nitrogen and oxygen atoms in total. The lowest BCUT2D eigenvalue weighted by molar-refractivity contribution is -0.119. The molecule has 96 valence electrons. The van der Waals surface area contributed by atoms with Crippen molar-refractivity contribution in [2.24, 2.45) is 0 Å². The fraction of sp³-hybridized carbons (Fsp3) is 0.833. The number of rotatable bonds is 0. The Morgan fingerprint density at radius 1 is 1.47 bits per heavy atom. The first-order valence-corrected chi connectivity index (χ1v) is 6.16. The number of amides is 2. The number of carbonyl (C=O) groups is 2. The summed E-state index contributed by atoms with van der Waals surface area (Å²) in [5.41, 5.74) is -0.486. The quantitative estimate of drug-likeness (QED) is 0.693. The van der Waals surface area contributed by atoms with Crippen molar-refractivity contribution in [3.8, 4) is 0 Å². The molecule has 17 heavy (non-hydrogen) atoms. The average molecular weight is 240 g/mol. The molecular formula is C12H20N2O3. The summed E-state index contributed by atoms with van der Waals surface area (Å²) < 4.78 is 5.37. The van der Waals surface area contributed by atoms with Crippen LogP contribution >= 0.6 is 0 Å². The summed E-state index contributed by atoms with van der Waals surface area (Å²) in [5, 5.41) is 2.92. The minimum atomic E-state index is -0.486. The summed E-state index contributed by atoms with van der Waals surface area (Å²) in [6, 6.07) is 0.0925. The molecule has 0 aromatic rings. The van der Waals surface area contributed by atoms with E-state index >= 15 is 0 Å². The number of carbonyl (C=O) groups excluding carboxylic acids is 2. The fourth-order valence-electron chi connectivity index (χ4n) is 2.48. The van der Waals surface area contributed by atoms with Crippen molar-refractivity contribution in [1.82, 2.24) is 10.2 Å². The van der Waals surface area contributed by atoms with Gasteiger partial charge < -0.3 is 15.0 Å². The predicted molar refractivity (Wildman–Crippen MR) is 62.5 cm³/mol. The van der Waals surface area contributed by atoms with Crippen LogP contribution in [0.25, 0.3) is 0 Å². The van der Waals surface area contributed by atoms with Gasteiger partial charge in [0, 0.05) is 19.0 Å². The molecule has 2 saturated heterocycles. The Balaban J connectivity index is 2.05. The van der Waals surface area contributed by atoms with Crippen molar-refractivity contribution in [2.45, 2.75) is 57.7 Å². The molecule has 2 aliphatic heterocycles. The second-order valence-corrected chi connectivity index (χ2v) is 5.76. The summed E-state index contributed by atoms with van der Waals surface area (Å²) >= 11 is 0. The van der Waals surface area contributed by atoms with Crippen LogP contribution in [0.2, 0.25) is 0 Å². The number of nitrogens with zero attached hydrogens (tertiary/aromatic N) is 1. The highest BCUT2D eigenvalue weighted by Gasteiger charge is 2.42. The van der Waals surface area contributed by atoms with Gasteiger partial charge in [-0.15, -0.1) is 0 Å². The van der Waals surface area contributed by atoms with E-state index in [-0.39, 0.29) is 24.1 Å². The Morgan fingerprint density at radius 3 is 2.82 bits per heavy atom. The largest absolute Gasteiger partial charge is 0.444 e. The van der Waals surface area contributed by atoms with Crippen molar-refractivity contribution in [3.63, 3.8) is 0 Å². The number of ether oxygens (including phenoxy) is 1. The number of hydrogen-bond donors (Lipinski definition) is 1. The number of piperidine rings is 1. The van der Waals surface area contributed by atoms with Gasteiger partial charge in [0.15, 0.2) is 0 Å². The summed E-state index contributed by atoms with van der Waals surface area (Å²) in [6.45, 7) is 6.24. The maximum Gasteiger partial charge on any atom is 0.410 e. The van der Waals surface area contributed by atoms with Gasteiger partial charge in [-0.05, 0) is 33.6 Å². The van der Waals surface area contributed by atoms with E-state index in [0.717, 1.165) is 12.8 Å². The monoisotopic (exact) mass is 240 g/mol. The van der Waals surface area contributed by atoms with Crippen LogP contribution in [0.5, 0.6) is 0 Å². The fourth-order valence-corrected chi connectivity index (χ4v) is 2.48. The summed E-state index contributed by atoms with van der Waals surface area (Å²) in [6.07, 6.45) is 1.98. The molecule has 0 spiro atoms. The highest BCUT2D eigenvalue weighted by molar-refractivity contribution is 5.81. The second kappa shape index (κ2) is 4.20. The molecule has 5 heteroatoms. The summed E-state index contributed by atoms with van der Waals surface area (Å²) in [5.74, 6) is 0.0375. The number of likely N-dealkylation sites (tertiary alicyclic amines) is 1. The lowest BCUT2D eigenvalue weighted by atomic mass is 9.98. The van der Waals surface area contributed by atoms with E-state index in [9.17, 15) is 9.59 Å². The van der Waals surface area contributed by atoms with Gasteiger partial charge in [0.1, 0.15) is 5.60 Å². The van der Waals surface area contributed by atoms with Gasteiger partial charge in [-0.1, -0.05) is 0 Å². The normalized spacial score (nSPS) is 28.6. The zero-order chi connectivity index (χ0) is 12.6. The van der Waals surface area contributed by atoms with Gasteiger partial charge in [0.05, 0.1) is 6.04 Å². The third kappa shape index (κ3) is 2.70. The molecule has 0 unspecified atom stereocenters. The third-order valence-electron chi connectivity index (χ3n) is 3.15. The Bertz CT molecular complexity index is 335. The van der Waals surface area contributed by atoms with Crippen LogP contribution in [0.4, 0.5) is 4.79 Å². The van der Waals surface area contributed by atoms with E-state index < -0.39 is 5.60 Å². The molecule has 2 fully saturated rings. The average Bonchev–Trinajstić information content (AvgIpc) is 2.54. The smallest absolute Gasteiger partial charge is 0.410 e. The first kappa shape index (κ1) is 12.2. The molecule has 0 aromatic carbocycles. The van der Waals surface area contributed by atoms with Crippen LogP contribution in [-0.2, 0) is 9.53 Å². The van der Waals surface area contributed by atoms with Crippen molar-refractivity contribution in [3.05, 3.63) is 0 Å². The number of fused-ring (bicyclic) bond motifs is 1. The van der Waals surface area contributed by atoms with Crippen molar-refractivity contribution in [2.75, 3.05) is 6.54 Å². The molecule has 2 amide bonds. The molecule has 2 atom stereocenters. The van der Waals surface area contributed by atoms with Crippen molar-refractivity contribution in [1.29, 1.82) is 0 Å². The molecule has 0 radical (unpaired) electrons. The van der Waals surface area contributed by atoms with E-state index in [1.54, 1.807) is 4.90 Å². The Kier molecular flexibility index (Phi) is 3.02. The lowest BCUT2D eigenvalue weighted by Crippen LogP contribution is -2.52. The van der Waals surface area contributed by atoms with E-state index in [1.807, 2.05) is 20.8 Å². The molecule has 2 aliphatic rings. The standard InChI is InChI=1S/C12H20N2O3/c1-12(2,3)17-11(16)14-6-4-5-8-9(14)7-10(15)13-8/h8-9H,4-7H2,1-3H3,(H,13,15)/t8-,9+/m0/s1. The van der Waals surface area contributed by atoms with Gasteiger partial charge in [0.25, 0.3) is 0 Å². The topological polar surface area (TPSA) is 58.6 Å². The van der Waals surface area contributed by atoms with Gasteiger partial charge in [-0.2, -0.15) is 0 Å². The SMILES string of the molecule is CC(C)(C)OC(=O)N1CCC[C@@H]2NC(=O)C[C@H]21. The maximum absolute atomic E-state index is 12.0. The third-order valence-corrected chi connectivity index (χ3v) is 3.15. The zero-order valence-corrected chi connectivity index (χ0v) is 10.7. The van der Waals surface area contributed by atoms with E-state index in [1.165, 1.54) is 0 Å². The molecule has 0 aliphatic carbocycles. The van der Waals surface area contributed by atoms with Crippen LogP contribution in [0.1, 0.15) is 40.0 Å². The molecule has 2 heterocycles. The van der Waals surface area contributed by atoms with Gasteiger partial charge in [-0.25, -0.2) is 4.79 Å². The van der Waals surface area contributed by atoms with Crippen molar-refractivity contribution >= 4 is 12.0 Å². The van der Waals surface area contributed by atoms with Crippen LogP contribution < -0.4 is 5.32 Å². The van der Waals surface area contributed by atoms with Crippen LogP contribution in [0.15, 0.2) is 0 Å². The Morgan fingerprint density at radius 2 is 2.18 bits per heavy atom. The first-order valence-electron chi connectivity index (χ1n) is 6.16. The maximum atomic E-state index is 12.0. The molecule has 2 rings (SSSR count). The first-order chi connectivity index (χ1) is 7.87. The number of nitrogens with one attached hydrogen (secondary N) is 1. The van der Waals surface area contributed by atoms with Gasteiger partial charge >= 0.3 is 6.09 Å². The molecule has 1 N–H and O–H groups in total. The highest BCUT2D eigenvalue weighted by Crippen LogP contribution is 2.26. The van der Waals surface area contributed by atoms with Gasteiger partial charge in [0.2, 0.25) is 5.91 Å². The predicted octanol–water partition coefficient (Wildman–Crippen LogP) is 1.27. The van der Waals surface area contributed by atoms with Crippen molar-refractivity contribution < 1.29 is 14.3 Å².